The molecule has 2 rings (SSSR count). The second-order valence-corrected chi connectivity index (χ2v) is 7.02. The van der Waals surface area contributed by atoms with Crippen molar-refractivity contribution in [2.24, 2.45) is 0 Å². The highest BCUT2D eigenvalue weighted by atomic mass is 32.2. The summed E-state index contributed by atoms with van der Waals surface area (Å²) in [4.78, 5) is 12.4. The van der Waals surface area contributed by atoms with E-state index in [2.05, 4.69) is 15.5 Å². The van der Waals surface area contributed by atoms with Crippen molar-refractivity contribution in [3.8, 4) is 0 Å². The molecule has 0 aliphatic heterocycles. The predicted molar refractivity (Wildman–Crippen MR) is 87.3 cm³/mol. The monoisotopic (exact) mass is 322 g/mol. The van der Waals surface area contributed by atoms with E-state index in [1.165, 1.54) is 23.1 Å². The molecular formula is C14H18N4OS2. The number of amides is 1. The Morgan fingerprint density at radius 2 is 2.10 bits per heavy atom. The first-order chi connectivity index (χ1) is 10.1. The van der Waals surface area contributed by atoms with E-state index >= 15 is 0 Å². The van der Waals surface area contributed by atoms with E-state index in [1.807, 2.05) is 44.2 Å². The van der Waals surface area contributed by atoms with Gasteiger partial charge in [-0.3, -0.25) is 4.79 Å². The Labute approximate surface area is 132 Å². The largest absolute Gasteiger partial charge is 0.374 e. The van der Waals surface area contributed by atoms with Gasteiger partial charge in [0, 0.05) is 0 Å². The van der Waals surface area contributed by atoms with Gasteiger partial charge in [-0.15, -0.1) is 10.2 Å². The van der Waals surface area contributed by atoms with Crippen molar-refractivity contribution < 1.29 is 4.79 Å². The molecule has 7 heteroatoms. The van der Waals surface area contributed by atoms with Crippen LogP contribution in [0.15, 0.2) is 34.7 Å². The molecule has 0 saturated heterocycles. The minimum atomic E-state index is -0.191. The van der Waals surface area contributed by atoms with E-state index < -0.39 is 0 Å². The molecule has 2 aromatic rings. The summed E-state index contributed by atoms with van der Waals surface area (Å²) >= 11 is 2.71. The van der Waals surface area contributed by atoms with Crippen molar-refractivity contribution in [1.29, 1.82) is 0 Å². The van der Waals surface area contributed by atoms with Gasteiger partial charge < -0.3 is 11.1 Å². The van der Waals surface area contributed by atoms with Crippen LogP contribution in [0, 0.1) is 0 Å². The Morgan fingerprint density at radius 3 is 2.67 bits per heavy atom. The van der Waals surface area contributed by atoms with Crippen molar-refractivity contribution in [2.75, 3.05) is 5.73 Å². The molecule has 1 amide bonds. The number of nitrogens with two attached hydrogens (primary N) is 1. The van der Waals surface area contributed by atoms with E-state index in [0.29, 0.717) is 5.13 Å². The first-order valence-electron chi connectivity index (χ1n) is 6.71. The molecule has 0 fully saturated rings. The standard InChI is InChI=1S/C14H18N4OS2/c1-3-11(20-14-18-17-13(15)21-14)12(19)16-9(2)10-7-5-4-6-8-10/h4-9,11H,3H2,1-2H3,(H2,15,17)(H,16,19)/t9-,11-/m0/s1. The molecule has 0 aliphatic rings. The normalized spacial score (nSPS) is 13.6. The number of carbonyl (C=O) groups excluding carboxylic acids is 1. The Bertz CT molecular complexity index is 588. The number of hydrogen-bond acceptors (Lipinski definition) is 6. The highest BCUT2D eigenvalue weighted by Crippen LogP contribution is 2.29. The maximum Gasteiger partial charge on any atom is 0.234 e. The van der Waals surface area contributed by atoms with E-state index in [0.717, 1.165) is 16.3 Å². The van der Waals surface area contributed by atoms with Crippen LogP contribution >= 0.6 is 23.1 Å². The van der Waals surface area contributed by atoms with Crippen LogP contribution in [-0.2, 0) is 4.79 Å². The number of thioether (sulfide) groups is 1. The highest BCUT2D eigenvalue weighted by molar-refractivity contribution is 8.02. The zero-order valence-electron chi connectivity index (χ0n) is 11.9. The summed E-state index contributed by atoms with van der Waals surface area (Å²) in [6.07, 6.45) is 0.720. The minimum absolute atomic E-state index is 0.00706. The fourth-order valence-corrected chi connectivity index (χ4v) is 3.66. The second-order valence-electron chi connectivity index (χ2n) is 4.56. The number of nitrogens with zero attached hydrogens (tertiary/aromatic N) is 2. The lowest BCUT2D eigenvalue weighted by Gasteiger charge is -2.18. The van der Waals surface area contributed by atoms with E-state index in [1.54, 1.807) is 0 Å². The summed E-state index contributed by atoms with van der Waals surface area (Å²) in [5.41, 5.74) is 6.65. The number of anilines is 1. The molecule has 0 unspecified atom stereocenters. The van der Waals surface area contributed by atoms with Crippen molar-refractivity contribution in [3.05, 3.63) is 35.9 Å². The second kappa shape index (κ2) is 7.42. The quantitative estimate of drug-likeness (QED) is 0.799. The average molecular weight is 322 g/mol. The topological polar surface area (TPSA) is 80.9 Å². The fraction of sp³-hybridized carbons (Fsp3) is 0.357. The fourth-order valence-electron chi connectivity index (χ4n) is 1.84. The molecule has 2 atom stereocenters. The van der Waals surface area contributed by atoms with Gasteiger partial charge in [0.05, 0.1) is 11.3 Å². The number of hydrogen-bond donors (Lipinski definition) is 2. The lowest BCUT2D eigenvalue weighted by Crippen LogP contribution is -2.34. The predicted octanol–water partition coefficient (Wildman–Crippen LogP) is 2.87. The summed E-state index contributed by atoms with van der Waals surface area (Å²) in [5.74, 6) is 0.00706. The van der Waals surface area contributed by atoms with Crippen molar-refractivity contribution >= 4 is 34.1 Å². The van der Waals surface area contributed by atoms with Gasteiger partial charge in [-0.1, -0.05) is 60.4 Å². The molecule has 0 bridgehead atoms. The maximum absolute atomic E-state index is 12.4. The molecule has 1 heterocycles. The van der Waals surface area contributed by atoms with E-state index in [-0.39, 0.29) is 17.2 Å². The number of rotatable bonds is 6. The number of aromatic nitrogens is 2. The van der Waals surface area contributed by atoms with Crippen LogP contribution in [0.4, 0.5) is 5.13 Å². The third-order valence-corrected chi connectivity index (χ3v) is 5.19. The average Bonchev–Trinajstić information content (AvgIpc) is 2.90. The van der Waals surface area contributed by atoms with E-state index in [9.17, 15) is 4.79 Å². The summed E-state index contributed by atoms with van der Waals surface area (Å²) in [6.45, 7) is 3.96. The smallest absolute Gasteiger partial charge is 0.234 e. The number of carbonyl (C=O) groups is 1. The van der Waals surface area contributed by atoms with Crippen LogP contribution < -0.4 is 11.1 Å². The molecular weight excluding hydrogens is 304 g/mol. The van der Waals surface area contributed by atoms with Crippen LogP contribution in [0.2, 0.25) is 0 Å². The molecule has 0 saturated carbocycles. The summed E-state index contributed by atoms with van der Waals surface area (Å²) in [6, 6.07) is 9.88. The van der Waals surface area contributed by atoms with Crippen LogP contribution in [0.25, 0.3) is 0 Å². The van der Waals surface area contributed by atoms with Crippen LogP contribution in [0.5, 0.6) is 0 Å². The molecule has 0 aliphatic carbocycles. The molecule has 3 N–H and O–H groups in total. The number of nitrogens with one attached hydrogen (secondary N) is 1. The number of nitrogen functional groups attached to an aromatic ring is 1. The van der Waals surface area contributed by atoms with Gasteiger partial charge in [-0.2, -0.15) is 0 Å². The molecule has 21 heavy (non-hydrogen) atoms. The van der Waals surface area contributed by atoms with E-state index in [4.69, 9.17) is 5.73 Å². The SMILES string of the molecule is CC[C@H](Sc1nnc(N)s1)C(=O)N[C@@H](C)c1ccccc1. The maximum atomic E-state index is 12.4. The number of benzene rings is 1. The zero-order chi connectivity index (χ0) is 15.2. The van der Waals surface area contributed by atoms with Crippen LogP contribution in [0.1, 0.15) is 31.9 Å². The Balaban J connectivity index is 1.97. The Hall–Kier alpha value is -1.60. The van der Waals surface area contributed by atoms with Gasteiger partial charge in [0.2, 0.25) is 11.0 Å². The van der Waals surface area contributed by atoms with Crippen molar-refractivity contribution in [2.45, 2.75) is 35.9 Å². The van der Waals surface area contributed by atoms with Crippen LogP contribution in [-0.4, -0.2) is 21.4 Å². The van der Waals surface area contributed by atoms with Gasteiger partial charge >= 0.3 is 0 Å². The molecule has 0 spiro atoms. The Kier molecular flexibility index (Phi) is 5.58. The molecule has 1 aromatic heterocycles. The third kappa shape index (κ3) is 4.44. The highest BCUT2D eigenvalue weighted by Gasteiger charge is 2.21. The summed E-state index contributed by atoms with van der Waals surface area (Å²) in [7, 11) is 0. The lowest BCUT2D eigenvalue weighted by molar-refractivity contribution is -0.121. The molecule has 1 aromatic carbocycles. The Morgan fingerprint density at radius 1 is 1.38 bits per heavy atom. The first-order valence-corrected chi connectivity index (χ1v) is 8.40. The van der Waals surface area contributed by atoms with Gasteiger partial charge in [-0.05, 0) is 18.9 Å². The zero-order valence-corrected chi connectivity index (χ0v) is 13.6. The van der Waals surface area contributed by atoms with Crippen LogP contribution in [0.3, 0.4) is 0 Å². The van der Waals surface area contributed by atoms with Crippen molar-refractivity contribution in [1.82, 2.24) is 15.5 Å². The van der Waals surface area contributed by atoms with Gasteiger partial charge in [0.15, 0.2) is 4.34 Å². The van der Waals surface area contributed by atoms with Gasteiger partial charge in [0.1, 0.15) is 0 Å². The molecule has 112 valence electrons. The van der Waals surface area contributed by atoms with Crippen molar-refractivity contribution in [3.63, 3.8) is 0 Å². The van der Waals surface area contributed by atoms with Gasteiger partial charge in [-0.25, -0.2) is 0 Å². The summed E-state index contributed by atoms with van der Waals surface area (Å²) in [5, 5.41) is 11.0. The first kappa shape index (κ1) is 15.8. The summed E-state index contributed by atoms with van der Waals surface area (Å²) < 4.78 is 0.724. The lowest BCUT2D eigenvalue weighted by atomic mass is 10.1. The molecule has 0 radical (unpaired) electrons. The van der Waals surface area contributed by atoms with Gasteiger partial charge in [0.25, 0.3) is 0 Å². The minimum Gasteiger partial charge on any atom is -0.374 e. The molecule has 5 nitrogen and oxygen atoms in total. The third-order valence-electron chi connectivity index (χ3n) is 2.99.